The average molecular weight is 292 g/mol. The average Bonchev–Trinajstić information content (AvgIpc) is 2.62. The molecule has 4 aromatic carbocycles. The van der Waals surface area contributed by atoms with Crippen molar-refractivity contribution >= 4 is 29.0 Å². The van der Waals surface area contributed by atoms with Gasteiger partial charge in [-0.05, 0) is 21.9 Å². The lowest BCUT2D eigenvalue weighted by Gasteiger charge is -2.09. The molecule has 0 radical (unpaired) electrons. The molecule has 0 aliphatic rings. The molecule has 0 N–H and O–H groups in total. The summed E-state index contributed by atoms with van der Waals surface area (Å²) in [5, 5.41) is 2.60. The Balaban J connectivity index is 1.76. The van der Waals surface area contributed by atoms with Crippen LogP contribution in [0.2, 0.25) is 0 Å². The van der Waals surface area contributed by atoms with Crippen molar-refractivity contribution in [2.45, 2.75) is 0 Å². The highest BCUT2D eigenvalue weighted by Gasteiger charge is 2.05. The summed E-state index contributed by atoms with van der Waals surface area (Å²) in [6, 6.07) is 34.6. The van der Waals surface area contributed by atoms with Gasteiger partial charge < -0.3 is 0 Å². The fourth-order valence-electron chi connectivity index (χ4n) is 3.16. The van der Waals surface area contributed by atoms with Crippen LogP contribution in [0, 0.1) is 0 Å². The van der Waals surface area contributed by atoms with E-state index in [0.717, 1.165) is 7.28 Å². The maximum atomic E-state index is 2.31. The molecule has 0 nitrogen and oxygen atoms in total. The second-order valence-electron chi connectivity index (χ2n) is 5.89. The molecule has 0 saturated heterocycles. The van der Waals surface area contributed by atoms with Crippen LogP contribution >= 0.6 is 0 Å². The van der Waals surface area contributed by atoms with E-state index in [0.29, 0.717) is 0 Å². The standard InChI is InChI=1S/C22H17B/c1-2-11-19(12-3-1)23-20-13-6-10-18(16-20)22-15-7-9-17-8-4-5-14-21(17)22/h1-16,23H. The SMILES string of the molecule is B(c1ccccc1)c1cccc(-c2cccc3ccccc23)c1. The van der Waals surface area contributed by atoms with Gasteiger partial charge in [-0.2, -0.15) is 0 Å². The minimum absolute atomic E-state index is 0.972. The number of rotatable bonds is 3. The molecular formula is C22H17B. The molecule has 0 spiro atoms. The Labute approximate surface area is 137 Å². The summed E-state index contributed by atoms with van der Waals surface area (Å²) in [6.07, 6.45) is 0. The predicted molar refractivity (Wildman–Crippen MR) is 102 cm³/mol. The van der Waals surface area contributed by atoms with Crippen molar-refractivity contribution < 1.29 is 0 Å². The molecule has 0 heterocycles. The van der Waals surface area contributed by atoms with Gasteiger partial charge in [0.05, 0.1) is 0 Å². The molecule has 0 aromatic heterocycles. The first-order valence-electron chi connectivity index (χ1n) is 8.01. The maximum absolute atomic E-state index is 2.31. The summed E-state index contributed by atoms with van der Waals surface area (Å²) in [7, 11) is 0.972. The van der Waals surface area contributed by atoms with Gasteiger partial charge in [0.1, 0.15) is 0 Å². The van der Waals surface area contributed by atoms with Crippen LogP contribution in [0.5, 0.6) is 0 Å². The number of benzene rings is 4. The van der Waals surface area contributed by atoms with E-state index in [9.17, 15) is 0 Å². The van der Waals surface area contributed by atoms with Crippen LogP contribution in [-0.2, 0) is 0 Å². The monoisotopic (exact) mass is 292 g/mol. The zero-order valence-corrected chi connectivity index (χ0v) is 12.9. The van der Waals surface area contributed by atoms with Gasteiger partial charge in [-0.25, -0.2) is 0 Å². The molecule has 0 unspecified atom stereocenters. The van der Waals surface area contributed by atoms with Crippen LogP contribution < -0.4 is 10.9 Å². The highest BCUT2D eigenvalue weighted by Crippen LogP contribution is 2.27. The van der Waals surface area contributed by atoms with E-state index in [4.69, 9.17) is 0 Å². The topological polar surface area (TPSA) is 0 Å². The third-order valence-electron chi connectivity index (χ3n) is 4.28. The summed E-state index contributed by atoms with van der Waals surface area (Å²) in [6.45, 7) is 0. The Morgan fingerprint density at radius 1 is 0.522 bits per heavy atom. The van der Waals surface area contributed by atoms with E-state index < -0.39 is 0 Å². The van der Waals surface area contributed by atoms with Gasteiger partial charge >= 0.3 is 0 Å². The zero-order valence-electron chi connectivity index (χ0n) is 12.9. The third kappa shape index (κ3) is 2.91. The first kappa shape index (κ1) is 13.8. The number of hydrogen-bond acceptors (Lipinski definition) is 0. The third-order valence-corrected chi connectivity index (χ3v) is 4.28. The van der Waals surface area contributed by atoms with Gasteiger partial charge in [0.2, 0.25) is 0 Å². The minimum atomic E-state index is 0.972. The van der Waals surface area contributed by atoms with Crippen molar-refractivity contribution in [2.75, 3.05) is 0 Å². The summed E-state index contributed by atoms with van der Waals surface area (Å²) in [5.74, 6) is 0. The van der Waals surface area contributed by atoms with Crippen LogP contribution in [0.1, 0.15) is 0 Å². The van der Waals surface area contributed by atoms with Crippen LogP contribution in [-0.4, -0.2) is 7.28 Å². The van der Waals surface area contributed by atoms with Crippen LogP contribution in [0.4, 0.5) is 0 Å². The van der Waals surface area contributed by atoms with Crippen LogP contribution in [0.15, 0.2) is 97.1 Å². The Hall–Kier alpha value is -2.80. The summed E-state index contributed by atoms with van der Waals surface area (Å²) >= 11 is 0. The van der Waals surface area contributed by atoms with Gasteiger partial charge in [-0.3, -0.25) is 0 Å². The number of hydrogen-bond donors (Lipinski definition) is 0. The lowest BCUT2D eigenvalue weighted by molar-refractivity contribution is 1.67. The molecule has 0 amide bonds. The maximum Gasteiger partial charge on any atom is 0.192 e. The summed E-state index contributed by atoms with van der Waals surface area (Å²) < 4.78 is 0. The Morgan fingerprint density at radius 2 is 1.22 bits per heavy atom. The number of fused-ring (bicyclic) bond motifs is 1. The van der Waals surface area contributed by atoms with Crippen LogP contribution in [0.3, 0.4) is 0 Å². The van der Waals surface area contributed by atoms with Crippen molar-refractivity contribution in [1.82, 2.24) is 0 Å². The minimum Gasteiger partial charge on any atom is -0.0786 e. The first-order chi connectivity index (χ1) is 11.4. The van der Waals surface area contributed by atoms with Crippen molar-refractivity contribution in [3.8, 4) is 11.1 Å². The predicted octanol–water partition coefficient (Wildman–Crippen LogP) is 3.89. The second-order valence-corrected chi connectivity index (χ2v) is 5.89. The molecule has 108 valence electrons. The summed E-state index contributed by atoms with van der Waals surface area (Å²) in [4.78, 5) is 0. The first-order valence-corrected chi connectivity index (χ1v) is 8.01. The summed E-state index contributed by atoms with van der Waals surface area (Å²) in [5.41, 5.74) is 5.29. The quantitative estimate of drug-likeness (QED) is 0.502. The van der Waals surface area contributed by atoms with Crippen LogP contribution in [0.25, 0.3) is 21.9 Å². The van der Waals surface area contributed by atoms with E-state index in [1.165, 1.54) is 32.8 Å². The second kappa shape index (κ2) is 6.14. The van der Waals surface area contributed by atoms with E-state index >= 15 is 0 Å². The van der Waals surface area contributed by atoms with Crippen molar-refractivity contribution in [2.24, 2.45) is 0 Å². The zero-order chi connectivity index (χ0) is 15.5. The molecule has 0 fully saturated rings. The van der Waals surface area contributed by atoms with Gasteiger partial charge in [-0.15, -0.1) is 0 Å². The molecule has 0 aliphatic heterocycles. The van der Waals surface area contributed by atoms with E-state index in [2.05, 4.69) is 97.1 Å². The van der Waals surface area contributed by atoms with E-state index in [1.54, 1.807) is 0 Å². The van der Waals surface area contributed by atoms with Crippen molar-refractivity contribution in [3.05, 3.63) is 97.1 Å². The Bertz CT molecular complexity index is 937. The highest BCUT2D eigenvalue weighted by molar-refractivity contribution is 6.67. The largest absolute Gasteiger partial charge is 0.192 e. The molecule has 4 rings (SSSR count). The Kier molecular flexibility index (Phi) is 3.69. The van der Waals surface area contributed by atoms with Gasteiger partial charge in [0.15, 0.2) is 7.28 Å². The molecule has 0 aliphatic carbocycles. The van der Waals surface area contributed by atoms with E-state index in [-0.39, 0.29) is 0 Å². The lowest BCUT2D eigenvalue weighted by atomic mass is 9.64. The van der Waals surface area contributed by atoms with Crippen molar-refractivity contribution in [1.29, 1.82) is 0 Å². The normalized spacial score (nSPS) is 10.6. The molecule has 4 aromatic rings. The van der Waals surface area contributed by atoms with E-state index in [1.807, 2.05) is 0 Å². The molecule has 1 heteroatoms. The molecular weight excluding hydrogens is 275 g/mol. The fourth-order valence-corrected chi connectivity index (χ4v) is 3.16. The fraction of sp³-hybridized carbons (Fsp3) is 0. The Morgan fingerprint density at radius 3 is 2.13 bits per heavy atom. The molecule has 0 saturated carbocycles. The lowest BCUT2D eigenvalue weighted by Crippen LogP contribution is -2.26. The molecule has 23 heavy (non-hydrogen) atoms. The van der Waals surface area contributed by atoms with Gasteiger partial charge in [0.25, 0.3) is 0 Å². The van der Waals surface area contributed by atoms with Gasteiger partial charge in [0, 0.05) is 0 Å². The van der Waals surface area contributed by atoms with Crippen molar-refractivity contribution in [3.63, 3.8) is 0 Å². The smallest absolute Gasteiger partial charge is 0.0786 e. The molecule has 0 atom stereocenters. The highest BCUT2D eigenvalue weighted by atomic mass is 14.1. The van der Waals surface area contributed by atoms with Gasteiger partial charge in [-0.1, -0.05) is 108 Å². The molecule has 0 bridgehead atoms.